The number of carbonyl (C=O) groups is 2. The lowest BCUT2D eigenvalue weighted by Crippen LogP contribution is -2.15. The van der Waals surface area contributed by atoms with Crippen LogP contribution in [0.1, 0.15) is 43.1 Å². The molecule has 1 aromatic carbocycles. The van der Waals surface area contributed by atoms with Gasteiger partial charge < -0.3 is 9.47 Å². The van der Waals surface area contributed by atoms with Crippen molar-refractivity contribution in [1.82, 2.24) is 0 Å². The molecule has 0 heterocycles. The Bertz CT molecular complexity index is 483. The Morgan fingerprint density at radius 1 is 1.16 bits per heavy atom. The Morgan fingerprint density at radius 3 is 2.26 bits per heavy atom. The van der Waals surface area contributed by atoms with Crippen molar-refractivity contribution in [3.05, 3.63) is 29.3 Å². The van der Waals surface area contributed by atoms with Gasteiger partial charge in [-0.2, -0.15) is 0 Å². The normalized spacial score (nSPS) is 11.0. The zero-order valence-electron chi connectivity index (χ0n) is 12.1. The Balaban J connectivity index is 3.16. The molecule has 0 spiro atoms. The van der Waals surface area contributed by atoms with Crippen LogP contribution in [0.25, 0.3) is 0 Å². The lowest BCUT2D eigenvalue weighted by atomic mass is 9.85. The van der Waals surface area contributed by atoms with Gasteiger partial charge in [0.2, 0.25) is 0 Å². The van der Waals surface area contributed by atoms with E-state index >= 15 is 0 Å². The fourth-order valence-corrected chi connectivity index (χ4v) is 1.69. The lowest BCUT2D eigenvalue weighted by Gasteiger charge is -2.20. The fraction of sp³-hybridized carbons (Fsp3) is 0.467. The molecular formula is C15H20O4. The van der Waals surface area contributed by atoms with Crippen molar-refractivity contribution in [1.29, 1.82) is 0 Å². The molecule has 0 N–H and O–H groups in total. The second-order valence-corrected chi connectivity index (χ2v) is 5.34. The van der Waals surface area contributed by atoms with Crippen LogP contribution in [0.3, 0.4) is 0 Å². The highest BCUT2D eigenvalue weighted by atomic mass is 16.5. The number of carbonyl (C=O) groups excluding carboxylic acids is 2. The third kappa shape index (κ3) is 3.81. The van der Waals surface area contributed by atoms with Crippen LogP contribution in [-0.2, 0) is 14.9 Å². The molecule has 0 bridgehead atoms. The molecule has 4 heteroatoms. The van der Waals surface area contributed by atoms with Crippen LogP contribution in [0.2, 0.25) is 0 Å². The van der Waals surface area contributed by atoms with E-state index in [9.17, 15) is 9.59 Å². The smallest absolute Gasteiger partial charge is 0.313 e. The zero-order chi connectivity index (χ0) is 14.6. The number of hydrogen-bond donors (Lipinski definition) is 0. The molecule has 0 aliphatic carbocycles. The molecule has 0 saturated heterocycles. The first-order valence-electron chi connectivity index (χ1n) is 6.08. The maximum Gasteiger partial charge on any atom is 0.313 e. The summed E-state index contributed by atoms with van der Waals surface area (Å²) in [6, 6.07) is 5.46. The van der Waals surface area contributed by atoms with Crippen molar-refractivity contribution in [3.8, 4) is 5.75 Å². The van der Waals surface area contributed by atoms with Gasteiger partial charge in [-0.1, -0.05) is 26.8 Å². The van der Waals surface area contributed by atoms with Crippen LogP contribution < -0.4 is 4.74 Å². The Morgan fingerprint density at radius 2 is 1.79 bits per heavy atom. The number of esters is 1. The summed E-state index contributed by atoms with van der Waals surface area (Å²) in [4.78, 5) is 23.3. The summed E-state index contributed by atoms with van der Waals surface area (Å²) in [5, 5.41) is 0. The van der Waals surface area contributed by atoms with Gasteiger partial charge in [0.1, 0.15) is 12.2 Å². The van der Waals surface area contributed by atoms with E-state index in [1.807, 2.05) is 6.07 Å². The van der Waals surface area contributed by atoms with Crippen molar-refractivity contribution in [2.24, 2.45) is 0 Å². The van der Waals surface area contributed by atoms with Gasteiger partial charge in [-0.25, -0.2) is 0 Å². The van der Waals surface area contributed by atoms with Crippen molar-refractivity contribution < 1.29 is 19.1 Å². The molecule has 0 aliphatic heterocycles. The number of ketones is 1. The lowest BCUT2D eigenvalue weighted by molar-refractivity contribution is -0.139. The van der Waals surface area contributed by atoms with Gasteiger partial charge in [-0.15, -0.1) is 0 Å². The Hall–Kier alpha value is -1.84. The molecule has 0 saturated carbocycles. The second-order valence-electron chi connectivity index (χ2n) is 5.34. The minimum Gasteiger partial charge on any atom is -0.496 e. The van der Waals surface area contributed by atoms with Crippen LogP contribution in [0, 0.1) is 0 Å². The number of benzene rings is 1. The zero-order valence-corrected chi connectivity index (χ0v) is 12.1. The van der Waals surface area contributed by atoms with E-state index in [0.717, 1.165) is 5.56 Å². The van der Waals surface area contributed by atoms with Crippen molar-refractivity contribution in [2.45, 2.75) is 32.6 Å². The van der Waals surface area contributed by atoms with Crippen LogP contribution in [0.4, 0.5) is 0 Å². The summed E-state index contributed by atoms with van der Waals surface area (Å²) in [7, 11) is 2.76. The quantitative estimate of drug-likeness (QED) is 0.476. The third-order valence-electron chi connectivity index (χ3n) is 2.90. The average Bonchev–Trinajstić information content (AvgIpc) is 2.36. The summed E-state index contributed by atoms with van der Waals surface area (Å²) < 4.78 is 9.69. The highest BCUT2D eigenvalue weighted by Crippen LogP contribution is 2.28. The third-order valence-corrected chi connectivity index (χ3v) is 2.90. The van der Waals surface area contributed by atoms with E-state index in [4.69, 9.17) is 4.74 Å². The molecule has 0 aromatic heterocycles. The van der Waals surface area contributed by atoms with E-state index in [2.05, 4.69) is 25.5 Å². The first-order chi connectivity index (χ1) is 8.79. The molecule has 0 atom stereocenters. The first kappa shape index (κ1) is 15.2. The number of methoxy groups -OCH3 is 2. The second kappa shape index (κ2) is 5.87. The van der Waals surface area contributed by atoms with Crippen molar-refractivity contribution >= 4 is 11.8 Å². The van der Waals surface area contributed by atoms with Crippen LogP contribution in [-0.4, -0.2) is 26.0 Å². The van der Waals surface area contributed by atoms with Gasteiger partial charge in [0.25, 0.3) is 0 Å². The molecule has 0 amide bonds. The number of Topliss-reactive ketones (excluding diaryl/α,β-unsaturated/α-hetero) is 1. The van der Waals surface area contributed by atoms with Crippen LogP contribution in [0.5, 0.6) is 5.75 Å². The van der Waals surface area contributed by atoms with Crippen molar-refractivity contribution in [3.63, 3.8) is 0 Å². The highest BCUT2D eigenvalue weighted by molar-refractivity contribution is 6.07. The summed E-state index contributed by atoms with van der Waals surface area (Å²) in [6.07, 6.45) is -0.277. The Kier molecular flexibility index (Phi) is 4.70. The van der Waals surface area contributed by atoms with E-state index in [-0.39, 0.29) is 17.6 Å². The summed E-state index contributed by atoms with van der Waals surface area (Å²) in [5.41, 5.74) is 1.36. The molecule has 0 aliphatic rings. The largest absolute Gasteiger partial charge is 0.496 e. The number of hydrogen-bond acceptors (Lipinski definition) is 4. The Labute approximate surface area is 113 Å². The molecule has 1 aromatic rings. The number of rotatable bonds is 4. The standard InChI is InChI=1S/C15H20O4/c1-15(2,3)10-6-7-13(18-4)11(8-10)12(16)9-14(17)19-5/h6-8H,9H2,1-5H3. The predicted molar refractivity (Wildman–Crippen MR) is 72.7 cm³/mol. The molecule has 104 valence electrons. The number of ether oxygens (including phenoxy) is 2. The molecular weight excluding hydrogens is 244 g/mol. The molecule has 0 unspecified atom stereocenters. The summed E-state index contributed by atoms with van der Waals surface area (Å²) >= 11 is 0. The van der Waals surface area contributed by atoms with Gasteiger partial charge in [0, 0.05) is 0 Å². The fourth-order valence-electron chi connectivity index (χ4n) is 1.69. The molecule has 0 radical (unpaired) electrons. The van der Waals surface area contributed by atoms with E-state index < -0.39 is 5.97 Å². The van der Waals surface area contributed by atoms with Gasteiger partial charge in [0.15, 0.2) is 5.78 Å². The maximum atomic E-state index is 12.1. The minimum absolute atomic E-state index is 0.0768. The molecule has 4 nitrogen and oxygen atoms in total. The SMILES string of the molecule is COC(=O)CC(=O)c1cc(C(C)(C)C)ccc1OC. The van der Waals surface area contributed by atoms with Gasteiger partial charge in [-0.05, 0) is 23.1 Å². The summed E-state index contributed by atoms with van der Waals surface area (Å²) in [6.45, 7) is 6.18. The average molecular weight is 264 g/mol. The van der Waals surface area contributed by atoms with Gasteiger partial charge in [0.05, 0.1) is 19.8 Å². The minimum atomic E-state index is -0.548. The highest BCUT2D eigenvalue weighted by Gasteiger charge is 2.20. The van der Waals surface area contributed by atoms with Gasteiger partial charge in [-0.3, -0.25) is 9.59 Å². The van der Waals surface area contributed by atoms with Gasteiger partial charge >= 0.3 is 5.97 Å². The van der Waals surface area contributed by atoms with Crippen LogP contribution >= 0.6 is 0 Å². The predicted octanol–water partition coefficient (Wildman–Crippen LogP) is 2.74. The molecule has 19 heavy (non-hydrogen) atoms. The van der Waals surface area contributed by atoms with E-state index in [0.29, 0.717) is 11.3 Å². The maximum absolute atomic E-state index is 12.1. The van der Waals surface area contributed by atoms with E-state index in [1.165, 1.54) is 14.2 Å². The van der Waals surface area contributed by atoms with Crippen LogP contribution in [0.15, 0.2) is 18.2 Å². The monoisotopic (exact) mass is 264 g/mol. The first-order valence-corrected chi connectivity index (χ1v) is 6.08. The molecule has 1 rings (SSSR count). The topological polar surface area (TPSA) is 52.6 Å². The molecule has 0 fully saturated rings. The summed E-state index contributed by atoms with van der Waals surface area (Å²) in [5.74, 6) is -0.370. The van der Waals surface area contributed by atoms with E-state index in [1.54, 1.807) is 12.1 Å². The van der Waals surface area contributed by atoms with Crippen molar-refractivity contribution in [2.75, 3.05) is 14.2 Å².